The van der Waals surface area contributed by atoms with Crippen molar-refractivity contribution in [3.63, 3.8) is 0 Å². The number of nitrogens with one attached hydrogen (secondary N) is 1. The molecule has 0 aliphatic heterocycles. The van der Waals surface area contributed by atoms with E-state index in [9.17, 15) is 30.4 Å². The second-order valence-electron chi connectivity index (χ2n) is 4.38. The van der Waals surface area contributed by atoms with Crippen molar-refractivity contribution >= 4 is 31.6 Å². The van der Waals surface area contributed by atoms with Gasteiger partial charge in [0, 0.05) is 10.5 Å². The summed E-state index contributed by atoms with van der Waals surface area (Å²) in [7, 11) is -4.50. The Hall–Kier alpha value is -1.68. The van der Waals surface area contributed by atoms with E-state index in [1.54, 1.807) is 4.72 Å². The van der Waals surface area contributed by atoms with Crippen LogP contribution >= 0.6 is 15.9 Å². The normalized spacial score (nSPS) is 12.3. The van der Waals surface area contributed by atoms with Crippen LogP contribution in [0.1, 0.15) is 5.56 Å². The van der Waals surface area contributed by atoms with Crippen LogP contribution in [0, 0.1) is 11.6 Å². The monoisotopic (exact) mass is 415 g/mol. The van der Waals surface area contributed by atoms with Gasteiger partial charge in [-0.2, -0.15) is 13.2 Å². The van der Waals surface area contributed by atoms with Crippen LogP contribution in [0.25, 0.3) is 0 Å². The van der Waals surface area contributed by atoms with Crippen molar-refractivity contribution in [3.05, 3.63) is 58.1 Å². The largest absolute Gasteiger partial charge is 0.416 e. The SMILES string of the molecule is O=S(=O)(Nc1c(F)cc(F)cc1Br)c1cccc(C(F)(F)F)c1. The van der Waals surface area contributed by atoms with Gasteiger partial charge >= 0.3 is 6.18 Å². The van der Waals surface area contributed by atoms with Gasteiger partial charge in [0.2, 0.25) is 0 Å². The molecule has 2 aromatic carbocycles. The average Bonchev–Trinajstić information content (AvgIpc) is 2.42. The topological polar surface area (TPSA) is 46.2 Å². The van der Waals surface area contributed by atoms with Gasteiger partial charge in [0.15, 0.2) is 5.82 Å². The summed E-state index contributed by atoms with van der Waals surface area (Å²) in [6, 6.07) is 4.20. The number of benzene rings is 2. The van der Waals surface area contributed by atoms with Gasteiger partial charge in [-0.05, 0) is 40.2 Å². The molecule has 23 heavy (non-hydrogen) atoms. The molecule has 2 aromatic rings. The van der Waals surface area contributed by atoms with Crippen molar-refractivity contribution in [2.24, 2.45) is 0 Å². The third-order valence-electron chi connectivity index (χ3n) is 2.71. The Morgan fingerprint density at radius 1 is 1.04 bits per heavy atom. The number of sulfonamides is 1. The number of hydrogen-bond acceptors (Lipinski definition) is 2. The summed E-state index contributed by atoms with van der Waals surface area (Å²) in [6.07, 6.45) is -4.73. The van der Waals surface area contributed by atoms with Crippen LogP contribution in [-0.2, 0) is 16.2 Å². The molecule has 0 radical (unpaired) electrons. The van der Waals surface area contributed by atoms with Crippen molar-refractivity contribution in [2.75, 3.05) is 4.72 Å². The van der Waals surface area contributed by atoms with Gasteiger partial charge in [-0.1, -0.05) is 6.07 Å². The molecule has 3 nitrogen and oxygen atoms in total. The fourth-order valence-electron chi connectivity index (χ4n) is 1.67. The quantitative estimate of drug-likeness (QED) is 0.747. The number of alkyl halides is 3. The minimum atomic E-state index is -4.73. The van der Waals surface area contributed by atoms with Crippen LogP contribution in [-0.4, -0.2) is 8.42 Å². The molecule has 0 unspecified atom stereocenters. The smallest absolute Gasteiger partial charge is 0.275 e. The van der Waals surface area contributed by atoms with Crippen molar-refractivity contribution in [2.45, 2.75) is 11.1 Å². The van der Waals surface area contributed by atoms with E-state index >= 15 is 0 Å². The molecule has 0 heterocycles. The fourth-order valence-corrected chi connectivity index (χ4v) is 3.44. The second-order valence-corrected chi connectivity index (χ2v) is 6.91. The highest BCUT2D eigenvalue weighted by molar-refractivity contribution is 9.10. The molecule has 0 amide bonds. The van der Waals surface area contributed by atoms with E-state index in [2.05, 4.69) is 15.9 Å². The highest BCUT2D eigenvalue weighted by atomic mass is 79.9. The lowest BCUT2D eigenvalue weighted by molar-refractivity contribution is -0.137. The molecule has 0 fully saturated rings. The Morgan fingerprint density at radius 2 is 1.70 bits per heavy atom. The first-order valence-electron chi connectivity index (χ1n) is 5.85. The molecule has 0 bridgehead atoms. The van der Waals surface area contributed by atoms with Gasteiger partial charge in [0.1, 0.15) is 5.82 Å². The van der Waals surface area contributed by atoms with Crippen molar-refractivity contribution in [3.8, 4) is 0 Å². The molecule has 0 atom stereocenters. The maximum absolute atomic E-state index is 13.6. The van der Waals surface area contributed by atoms with Crippen molar-refractivity contribution in [1.82, 2.24) is 0 Å². The molecule has 2 rings (SSSR count). The van der Waals surface area contributed by atoms with Crippen LogP contribution < -0.4 is 4.72 Å². The highest BCUT2D eigenvalue weighted by Crippen LogP contribution is 2.32. The average molecular weight is 416 g/mol. The fraction of sp³-hybridized carbons (Fsp3) is 0.0769. The molecule has 0 saturated carbocycles. The number of anilines is 1. The Kier molecular flexibility index (Phi) is 4.67. The number of halogens is 6. The minimum Gasteiger partial charge on any atom is -0.275 e. The molecular weight excluding hydrogens is 409 g/mol. The Bertz CT molecular complexity index is 829. The van der Waals surface area contributed by atoms with Gasteiger partial charge in [-0.25, -0.2) is 17.2 Å². The van der Waals surface area contributed by atoms with E-state index in [0.29, 0.717) is 18.2 Å². The second kappa shape index (κ2) is 6.08. The predicted molar refractivity (Wildman–Crippen MR) is 76.3 cm³/mol. The first kappa shape index (κ1) is 17.7. The molecule has 0 saturated heterocycles. The maximum Gasteiger partial charge on any atom is 0.416 e. The van der Waals surface area contributed by atoms with E-state index in [1.807, 2.05) is 0 Å². The summed E-state index contributed by atoms with van der Waals surface area (Å²) >= 11 is 2.78. The van der Waals surface area contributed by atoms with Crippen LogP contribution in [0.3, 0.4) is 0 Å². The van der Waals surface area contributed by atoms with Crippen LogP contribution in [0.5, 0.6) is 0 Å². The summed E-state index contributed by atoms with van der Waals surface area (Å²) in [4.78, 5) is -0.706. The lowest BCUT2D eigenvalue weighted by Crippen LogP contribution is -2.16. The van der Waals surface area contributed by atoms with E-state index < -0.39 is 44.0 Å². The Balaban J connectivity index is 2.45. The molecule has 124 valence electrons. The summed E-state index contributed by atoms with van der Waals surface area (Å²) in [5.41, 5.74) is -1.78. The summed E-state index contributed by atoms with van der Waals surface area (Å²) in [6.45, 7) is 0. The van der Waals surface area contributed by atoms with Crippen molar-refractivity contribution in [1.29, 1.82) is 0 Å². The van der Waals surface area contributed by atoms with E-state index in [-0.39, 0.29) is 4.47 Å². The first-order valence-corrected chi connectivity index (χ1v) is 8.13. The van der Waals surface area contributed by atoms with Gasteiger partial charge < -0.3 is 0 Å². The summed E-state index contributed by atoms with van der Waals surface area (Å²) < 4.78 is 90.3. The lowest BCUT2D eigenvalue weighted by Gasteiger charge is -2.12. The Morgan fingerprint density at radius 3 is 2.26 bits per heavy atom. The lowest BCUT2D eigenvalue weighted by atomic mass is 10.2. The molecule has 10 heteroatoms. The third kappa shape index (κ3) is 3.99. The molecule has 0 aromatic heterocycles. The molecular formula is C13H7BrF5NO2S. The van der Waals surface area contributed by atoms with Crippen LogP contribution in [0.2, 0.25) is 0 Å². The summed E-state index contributed by atoms with van der Waals surface area (Å²) in [5, 5.41) is 0. The predicted octanol–water partition coefficient (Wildman–Crippen LogP) is 4.55. The van der Waals surface area contributed by atoms with Gasteiger partial charge in [0.05, 0.1) is 16.1 Å². The molecule has 0 aliphatic rings. The zero-order chi connectivity index (χ0) is 17.4. The zero-order valence-corrected chi connectivity index (χ0v) is 13.4. The van der Waals surface area contributed by atoms with E-state index in [0.717, 1.165) is 18.2 Å². The maximum atomic E-state index is 13.6. The zero-order valence-electron chi connectivity index (χ0n) is 11.0. The molecule has 1 N–H and O–H groups in total. The highest BCUT2D eigenvalue weighted by Gasteiger charge is 2.32. The third-order valence-corrected chi connectivity index (χ3v) is 4.69. The number of rotatable bonds is 3. The van der Waals surface area contributed by atoms with Gasteiger partial charge in [0.25, 0.3) is 10.0 Å². The molecule has 0 aliphatic carbocycles. The standard InChI is InChI=1S/C13H7BrF5NO2S/c14-10-5-8(15)6-11(16)12(10)20-23(21,22)9-3-1-2-7(4-9)13(17,18)19/h1-6,20H. The summed E-state index contributed by atoms with van der Waals surface area (Å²) in [5.74, 6) is -2.16. The number of hydrogen-bond donors (Lipinski definition) is 1. The minimum absolute atomic E-state index is 0.231. The van der Waals surface area contributed by atoms with Crippen molar-refractivity contribution < 1.29 is 30.4 Å². The Labute approximate surface area is 136 Å². The first-order chi connectivity index (χ1) is 10.5. The van der Waals surface area contributed by atoms with Gasteiger partial charge in [-0.3, -0.25) is 4.72 Å². The van der Waals surface area contributed by atoms with Crippen LogP contribution in [0.15, 0.2) is 45.8 Å². The van der Waals surface area contributed by atoms with E-state index in [1.165, 1.54) is 0 Å². The van der Waals surface area contributed by atoms with Crippen LogP contribution in [0.4, 0.5) is 27.6 Å². The van der Waals surface area contributed by atoms with Gasteiger partial charge in [-0.15, -0.1) is 0 Å². The molecule has 0 spiro atoms. The van der Waals surface area contributed by atoms with E-state index in [4.69, 9.17) is 0 Å².